The van der Waals surface area contributed by atoms with E-state index in [0.29, 0.717) is 182 Å². The first kappa shape index (κ1) is 90.8. The fraction of sp³-hybridized carbons (Fsp3) is 0.663. The molecular formula is C83H122N12O20. The van der Waals surface area contributed by atoms with Crippen LogP contribution in [0.4, 0.5) is 11.8 Å². The van der Waals surface area contributed by atoms with Gasteiger partial charge in [0, 0.05) is 83.5 Å². The summed E-state index contributed by atoms with van der Waals surface area (Å²) in [4.78, 5) is 98.7. The van der Waals surface area contributed by atoms with Crippen LogP contribution in [0.2, 0.25) is 0 Å². The number of hydrogen-bond donors (Lipinski definition) is 5. The zero-order valence-corrected chi connectivity index (χ0v) is 68.6. The highest BCUT2D eigenvalue weighted by molar-refractivity contribution is 6.39. The lowest BCUT2D eigenvalue weighted by atomic mass is 9.78. The van der Waals surface area contributed by atoms with Crippen LogP contribution < -0.4 is 16.8 Å². The number of allylic oxidation sites excluding steroid dienone is 6. The van der Waals surface area contributed by atoms with Crippen molar-refractivity contribution in [2.45, 2.75) is 219 Å². The number of aliphatic hydroxyl groups excluding tert-OH is 1. The standard InChI is InChI=1S/C83H122N12O20/c1-52-18-12-11-13-19-53(2)68(104-8)47-62-24-21-58(7)83(103,115-62)77(100)80(101)94-29-16-14-20-64(94)81(102)113-69(48-65(96)54(3)43-57(6)75(99)76(106-10)74(98)56(5)42-52)55(4)44-59-22-25-67(70(45-59)105-9)112-41-40-111-50-61-49-93(92-90-61)31-33-108-35-37-110-39-38-109-36-34-107-32-27-71(97)86-28-15-17-30-95-79-72(78(84)87-51-88-79)73(91-95)60-23-26-66-63(46-60)89-82(85)114-66/h11-13,18-19,23,26,43,46,49,51-52,54-56,58-59,62,64,67-70,75-76,99,103H,14-17,20-22,24-25,27-42,44-45,47-48,50H2,1-10H3,(H2,85,89)(H,86,97)(H2,84,87,88)/b13-11+,18-12+,53-19+,57-43+/t52-,54-,55-,56-,58-,59+,62?,64+,67-,68+,69+,70-,75-,76+,83-/m1/s1. The second kappa shape index (κ2) is 45.6. The third-order valence-electron chi connectivity index (χ3n) is 22.3. The van der Waals surface area contributed by atoms with Gasteiger partial charge in [-0.1, -0.05) is 76.3 Å². The van der Waals surface area contributed by atoms with Crippen molar-refractivity contribution in [2.24, 2.45) is 35.5 Å². The number of oxazole rings is 1. The quantitative estimate of drug-likeness (QED) is 0.0114. The Kier molecular flexibility index (Phi) is 36.0. The van der Waals surface area contributed by atoms with E-state index >= 15 is 0 Å². The second-order valence-electron chi connectivity index (χ2n) is 31.0. The summed E-state index contributed by atoms with van der Waals surface area (Å²) in [5.41, 5.74) is 17.1. The molecular weight excluding hydrogens is 1480 g/mol. The number of aromatic nitrogens is 8. The van der Waals surface area contributed by atoms with Gasteiger partial charge in [-0.05, 0) is 138 Å². The van der Waals surface area contributed by atoms with E-state index in [-0.39, 0.29) is 92.5 Å². The van der Waals surface area contributed by atoms with Crippen LogP contribution in [-0.2, 0) is 101 Å². The normalized spacial score (nSPS) is 28.1. The molecule has 7 N–H and O–H groups in total. The molecule has 2 bridgehead atoms. The predicted octanol–water partition coefficient (Wildman–Crippen LogP) is 8.18. The van der Waals surface area contributed by atoms with Crippen molar-refractivity contribution in [1.29, 1.82) is 0 Å². The minimum Gasteiger partial charge on any atom is -0.460 e. The molecule has 0 radical (unpaired) electrons. The van der Waals surface area contributed by atoms with Crippen molar-refractivity contribution in [3.8, 4) is 11.3 Å². The number of nitrogens with zero attached hydrogens (tertiary/aromatic N) is 9. The minimum atomic E-state index is -2.47. The van der Waals surface area contributed by atoms with Crippen LogP contribution in [0.3, 0.4) is 0 Å². The first-order valence-electron chi connectivity index (χ1n) is 40.7. The number of amides is 2. The molecule has 3 aliphatic heterocycles. The lowest BCUT2D eigenvalue weighted by Crippen LogP contribution is -2.61. The number of nitrogen functional groups attached to an aromatic ring is 2. The SMILES string of the molecule is CO[C@H]1CC2CC[C@@H](C)[C@@](O)(O2)C(=O)C(=O)N2CCCC[C@H]2C(=O)O[C@H]([C@H](C)C[C@@H]2CC[C@@H](OCCOCc3cn(CCOCCOCCOCCOCCC(=O)NCCCCn4nc(-c5ccc6oc(N)nc6c5)c5c(N)ncnc54)nn3)[C@H](OC)C2)CC(=O)[C@H](C)/C=C(\C)[C@@H](O)[C@@H](OC)C(=O)[C@H](C)C[C@H](C)/C=C/C=C/C=C/1C. The van der Waals surface area contributed by atoms with Crippen molar-refractivity contribution in [1.82, 2.24) is 49.9 Å². The summed E-state index contributed by atoms with van der Waals surface area (Å²) < 4.78 is 74.0. The number of methoxy groups -OCH3 is 3. The number of anilines is 2. The molecule has 3 fully saturated rings. The molecule has 0 spiro atoms. The highest BCUT2D eigenvalue weighted by Crippen LogP contribution is 2.39. The summed E-state index contributed by atoms with van der Waals surface area (Å²) in [6.45, 7) is 18.0. The van der Waals surface area contributed by atoms with E-state index in [1.807, 2.05) is 70.2 Å². The number of cyclic esters (lactones) is 1. The summed E-state index contributed by atoms with van der Waals surface area (Å²) >= 11 is 0. The number of piperidine rings is 1. The number of hydrogen-bond acceptors (Lipinski definition) is 28. The molecule has 7 heterocycles. The highest BCUT2D eigenvalue weighted by atomic mass is 16.6. The predicted molar refractivity (Wildman–Crippen MR) is 426 cm³/mol. The van der Waals surface area contributed by atoms with Crippen LogP contribution >= 0.6 is 0 Å². The third-order valence-corrected chi connectivity index (χ3v) is 22.3. The van der Waals surface area contributed by atoms with E-state index in [1.54, 1.807) is 62.7 Å². The maximum absolute atomic E-state index is 14.8. The van der Waals surface area contributed by atoms with Gasteiger partial charge in [0.25, 0.3) is 17.7 Å². The van der Waals surface area contributed by atoms with Gasteiger partial charge in [0.1, 0.15) is 59.2 Å². The molecule has 15 atom stereocenters. The van der Waals surface area contributed by atoms with Crippen molar-refractivity contribution in [3.05, 3.63) is 84.0 Å². The molecule has 1 aromatic carbocycles. The number of aliphatic hydroxyl groups is 2. The topological polar surface area (TPSA) is 412 Å². The number of ketones is 3. The Hall–Kier alpha value is -8.12. The molecule has 1 saturated carbocycles. The van der Waals surface area contributed by atoms with Gasteiger partial charge in [0.15, 0.2) is 17.0 Å². The van der Waals surface area contributed by atoms with Gasteiger partial charge < -0.3 is 88.4 Å². The summed E-state index contributed by atoms with van der Waals surface area (Å²) in [6, 6.07) is 4.38. The van der Waals surface area contributed by atoms with Crippen molar-refractivity contribution < 1.29 is 95.5 Å². The van der Waals surface area contributed by atoms with E-state index in [0.717, 1.165) is 30.4 Å². The third kappa shape index (κ3) is 26.2. The fourth-order valence-electron chi connectivity index (χ4n) is 15.5. The maximum atomic E-state index is 14.8. The monoisotopic (exact) mass is 1610 g/mol. The molecule has 1 unspecified atom stereocenters. The number of esters is 1. The molecule has 2 saturated heterocycles. The van der Waals surface area contributed by atoms with Crippen LogP contribution in [0.15, 0.2) is 82.7 Å². The van der Waals surface area contributed by atoms with E-state index in [9.17, 15) is 39.0 Å². The van der Waals surface area contributed by atoms with Crippen LogP contribution in [-0.4, -0.2) is 245 Å². The smallest absolute Gasteiger partial charge is 0.329 e. The van der Waals surface area contributed by atoms with Crippen LogP contribution in [0.1, 0.15) is 150 Å². The van der Waals surface area contributed by atoms with Crippen LogP contribution in [0.25, 0.3) is 33.4 Å². The van der Waals surface area contributed by atoms with E-state index in [1.165, 1.54) is 18.3 Å². The zero-order valence-electron chi connectivity index (χ0n) is 68.6. The molecule has 2 amide bonds. The number of fused-ring (bicyclic) bond motifs is 5. The number of Topliss-reactive ketones (excluding diaryl/α,β-unsaturated/α-hetero) is 3. The molecule has 4 aromatic heterocycles. The summed E-state index contributed by atoms with van der Waals surface area (Å²) in [7, 11) is 4.60. The van der Waals surface area contributed by atoms with E-state index < -0.39 is 77.8 Å². The van der Waals surface area contributed by atoms with Crippen molar-refractivity contribution in [3.63, 3.8) is 0 Å². The number of unbranched alkanes of at least 4 members (excludes halogenated alkanes) is 1. The zero-order chi connectivity index (χ0) is 82.6. The maximum Gasteiger partial charge on any atom is 0.329 e. The molecule has 32 nitrogen and oxygen atoms in total. The molecule has 4 aliphatic rings. The number of carbonyl (C=O) groups is 6. The number of carbonyl (C=O) groups excluding carboxylic acids is 6. The number of nitrogens with two attached hydrogens (primary N) is 2. The van der Waals surface area contributed by atoms with E-state index in [4.69, 9.17) is 73.1 Å². The van der Waals surface area contributed by atoms with Gasteiger partial charge in [-0.25, -0.2) is 24.1 Å². The average Bonchev–Trinajstić information content (AvgIpc) is 0.885. The van der Waals surface area contributed by atoms with Gasteiger partial charge in [-0.15, -0.1) is 5.10 Å². The Labute approximate surface area is 673 Å². The van der Waals surface area contributed by atoms with Crippen LogP contribution in [0.5, 0.6) is 0 Å². The Morgan fingerprint density at radius 3 is 2.29 bits per heavy atom. The van der Waals surface area contributed by atoms with Gasteiger partial charge in [-0.3, -0.25) is 24.0 Å². The first-order chi connectivity index (χ1) is 55.4. The highest BCUT2D eigenvalue weighted by Gasteiger charge is 2.53. The number of rotatable bonds is 33. The molecule has 634 valence electrons. The number of benzene rings is 1. The fourth-order valence-corrected chi connectivity index (χ4v) is 15.5. The molecule has 115 heavy (non-hydrogen) atoms. The lowest BCUT2D eigenvalue weighted by molar-refractivity contribution is -0.265. The number of nitrogens with one attached hydrogen (secondary N) is 1. The molecule has 5 aromatic rings. The summed E-state index contributed by atoms with van der Waals surface area (Å²) in [5, 5.41) is 40.7. The Morgan fingerprint density at radius 2 is 1.54 bits per heavy atom. The van der Waals surface area contributed by atoms with E-state index in [2.05, 4.69) is 30.6 Å². The lowest BCUT2D eigenvalue weighted by Gasteiger charge is -2.42. The Bertz CT molecular complexity index is 4080. The average molecular weight is 1610 g/mol. The van der Waals surface area contributed by atoms with Gasteiger partial charge in [-0.2, -0.15) is 10.1 Å². The molecule has 9 rings (SSSR count). The largest absolute Gasteiger partial charge is 0.460 e. The molecule has 32 heteroatoms. The minimum absolute atomic E-state index is 0.00872. The second-order valence-corrected chi connectivity index (χ2v) is 31.0. The Morgan fingerprint density at radius 1 is 0.791 bits per heavy atom. The first-order valence-corrected chi connectivity index (χ1v) is 40.7. The summed E-state index contributed by atoms with van der Waals surface area (Å²) in [6.07, 6.45) is 16.3. The van der Waals surface area contributed by atoms with Gasteiger partial charge in [0.05, 0.1) is 115 Å². The van der Waals surface area contributed by atoms with Crippen molar-refractivity contribution >= 4 is 69.1 Å². The van der Waals surface area contributed by atoms with Crippen LogP contribution in [0, 0.1) is 35.5 Å². The van der Waals surface area contributed by atoms with Crippen molar-refractivity contribution in [2.75, 3.05) is 112 Å². The molecule has 1 aliphatic carbocycles. The number of aryl methyl sites for hydroxylation is 1. The van der Waals surface area contributed by atoms with Gasteiger partial charge >= 0.3 is 5.97 Å². The number of ether oxygens (including phenoxy) is 11. The Balaban J connectivity index is 0.660. The summed E-state index contributed by atoms with van der Waals surface area (Å²) in [5.74, 6) is -8.09. The van der Waals surface area contributed by atoms with Gasteiger partial charge in [0.2, 0.25) is 11.7 Å².